The number of aromatic amines is 1. The number of nitrogens with zero attached hydrogens (tertiary/aromatic N) is 2. The lowest BCUT2D eigenvalue weighted by Crippen LogP contribution is -2.24. The van der Waals surface area contributed by atoms with Crippen LogP contribution in [0.1, 0.15) is 65.1 Å². The van der Waals surface area contributed by atoms with Gasteiger partial charge in [-0.05, 0) is 45.3 Å². The molecule has 18 heavy (non-hydrogen) atoms. The third-order valence-electron chi connectivity index (χ3n) is 3.91. The number of hydrogen-bond donors (Lipinski definition) is 1. The summed E-state index contributed by atoms with van der Waals surface area (Å²) in [5, 5.41) is 7.36. The molecule has 0 aliphatic heterocycles. The van der Waals surface area contributed by atoms with Gasteiger partial charge in [0.15, 0.2) is 4.77 Å². The van der Waals surface area contributed by atoms with E-state index in [9.17, 15) is 0 Å². The molecule has 2 rings (SSSR count). The van der Waals surface area contributed by atoms with E-state index in [2.05, 4.69) is 35.5 Å². The van der Waals surface area contributed by atoms with Crippen molar-refractivity contribution < 1.29 is 0 Å². The highest BCUT2D eigenvalue weighted by Gasteiger charge is 2.20. The molecule has 0 saturated heterocycles. The zero-order valence-corrected chi connectivity index (χ0v) is 12.6. The molecule has 0 spiro atoms. The molecule has 1 saturated carbocycles. The highest BCUT2D eigenvalue weighted by molar-refractivity contribution is 7.71. The Hall–Kier alpha value is -0.640. The first-order valence-electron chi connectivity index (χ1n) is 7.15. The molecule has 0 amide bonds. The van der Waals surface area contributed by atoms with Gasteiger partial charge in [-0.1, -0.05) is 32.1 Å². The Kier molecular flexibility index (Phi) is 4.25. The van der Waals surface area contributed by atoms with Gasteiger partial charge in [-0.15, -0.1) is 0 Å². The number of hydrogen-bond acceptors (Lipinski definition) is 2. The van der Waals surface area contributed by atoms with E-state index in [-0.39, 0.29) is 5.54 Å². The molecule has 1 heterocycles. The van der Waals surface area contributed by atoms with Crippen LogP contribution in [0, 0.1) is 10.7 Å². The van der Waals surface area contributed by atoms with Crippen LogP contribution in [0.2, 0.25) is 0 Å². The number of rotatable bonds is 3. The van der Waals surface area contributed by atoms with Gasteiger partial charge in [-0.3, -0.25) is 9.67 Å². The molecular weight excluding hydrogens is 242 g/mol. The second kappa shape index (κ2) is 5.55. The minimum absolute atomic E-state index is 0.0198. The highest BCUT2D eigenvalue weighted by Crippen LogP contribution is 2.28. The SMILES string of the molecule is CC(C)(C)n1c(CCC2CCCCC2)n[nH]c1=S. The Morgan fingerprint density at radius 1 is 1.28 bits per heavy atom. The van der Waals surface area contributed by atoms with Gasteiger partial charge in [0.05, 0.1) is 0 Å². The zero-order valence-electron chi connectivity index (χ0n) is 11.8. The normalized spacial score (nSPS) is 18.2. The first kappa shape index (κ1) is 13.8. The smallest absolute Gasteiger partial charge is 0.195 e. The van der Waals surface area contributed by atoms with Crippen molar-refractivity contribution >= 4 is 12.2 Å². The molecule has 1 aliphatic rings. The maximum atomic E-state index is 5.34. The van der Waals surface area contributed by atoms with Crippen molar-refractivity contribution in [2.45, 2.75) is 71.3 Å². The van der Waals surface area contributed by atoms with E-state index in [4.69, 9.17) is 12.2 Å². The van der Waals surface area contributed by atoms with Crippen molar-refractivity contribution in [1.82, 2.24) is 14.8 Å². The van der Waals surface area contributed by atoms with Crippen molar-refractivity contribution in [2.75, 3.05) is 0 Å². The molecule has 102 valence electrons. The summed E-state index contributed by atoms with van der Waals surface area (Å²) < 4.78 is 2.92. The molecule has 3 nitrogen and oxygen atoms in total. The third kappa shape index (κ3) is 3.22. The fourth-order valence-corrected chi connectivity index (χ4v) is 3.42. The van der Waals surface area contributed by atoms with Crippen LogP contribution in [0.25, 0.3) is 0 Å². The van der Waals surface area contributed by atoms with Crippen molar-refractivity contribution in [3.8, 4) is 0 Å². The van der Waals surface area contributed by atoms with Crippen molar-refractivity contribution in [3.05, 3.63) is 10.6 Å². The molecule has 4 heteroatoms. The maximum Gasteiger partial charge on any atom is 0.195 e. The molecule has 0 bridgehead atoms. The van der Waals surface area contributed by atoms with Crippen LogP contribution in [0.3, 0.4) is 0 Å². The van der Waals surface area contributed by atoms with Crippen molar-refractivity contribution in [1.29, 1.82) is 0 Å². The molecule has 1 fully saturated rings. The molecule has 1 aliphatic carbocycles. The van der Waals surface area contributed by atoms with E-state index in [1.807, 2.05) is 0 Å². The fraction of sp³-hybridized carbons (Fsp3) is 0.857. The van der Waals surface area contributed by atoms with Gasteiger partial charge in [0.1, 0.15) is 5.82 Å². The lowest BCUT2D eigenvalue weighted by molar-refractivity contribution is 0.326. The summed E-state index contributed by atoms with van der Waals surface area (Å²) in [5.41, 5.74) is 0.0198. The topological polar surface area (TPSA) is 33.6 Å². The second-order valence-corrected chi connectivity index (χ2v) is 6.88. The summed E-state index contributed by atoms with van der Waals surface area (Å²) in [6.07, 6.45) is 9.37. The standard InChI is InChI=1S/C14H25N3S/c1-14(2,3)17-12(15-16-13(17)18)10-9-11-7-5-4-6-8-11/h11H,4-10H2,1-3H3,(H,16,18). The van der Waals surface area contributed by atoms with Crippen LogP contribution < -0.4 is 0 Å². The van der Waals surface area contributed by atoms with E-state index in [0.717, 1.165) is 22.9 Å². The van der Waals surface area contributed by atoms with Gasteiger partial charge in [0.25, 0.3) is 0 Å². The van der Waals surface area contributed by atoms with Crippen LogP contribution >= 0.6 is 12.2 Å². The number of aromatic nitrogens is 3. The van der Waals surface area contributed by atoms with Gasteiger partial charge < -0.3 is 0 Å². The van der Waals surface area contributed by atoms with Crippen LogP contribution in [0.4, 0.5) is 0 Å². The minimum atomic E-state index is 0.0198. The Balaban J connectivity index is 2.03. The molecule has 0 atom stereocenters. The van der Waals surface area contributed by atoms with Gasteiger partial charge in [-0.2, -0.15) is 5.10 Å². The largest absolute Gasteiger partial charge is 0.299 e. The van der Waals surface area contributed by atoms with Gasteiger partial charge in [0.2, 0.25) is 0 Å². The van der Waals surface area contributed by atoms with E-state index in [1.165, 1.54) is 38.5 Å². The number of H-pyrrole nitrogens is 1. The zero-order chi connectivity index (χ0) is 13.2. The van der Waals surface area contributed by atoms with Crippen LogP contribution in [0.15, 0.2) is 0 Å². The van der Waals surface area contributed by atoms with E-state index < -0.39 is 0 Å². The monoisotopic (exact) mass is 267 g/mol. The molecule has 0 unspecified atom stereocenters. The minimum Gasteiger partial charge on any atom is -0.299 e. The predicted octanol–water partition coefficient (Wildman–Crippen LogP) is 4.21. The van der Waals surface area contributed by atoms with Crippen molar-refractivity contribution in [2.24, 2.45) is 5.92 Å². The van der Waals surface area contributed by atoms with E-state index >= 15 is 0 Å². The van der Waals surface area contributed by atoms with Gasteiger partial charge in [0, 0.05) is 12.0 Å². The summed E-state index contributed by atoms with van der Waals surface area (Å²) in [4.78, 5) is 0. The van der Waals surface area contributed by atoms with Crippen LogP contribution in [-0.2, 0) is 12.0 Å². The number of aryl methyl sites for hydroxylation is 1. The Labute approximate surface area is 115 Å². The summed E-state index contributed by atoms with van der Waals surface area (Å²) in [5.74, 6) is 2.02. The third-order valence-corrected chi connectivity index (χ3v) is 4.19. The molecular formula is C14H25N3S. The predicted molar refractivity (Wildman–Crippen MR) is 77.3 cm³/mol. The molecule has 0 aromatic carbocycles. The average molecular weight is 267 g/mol. The first-order valence-corrected chi connectivity index (χ1v) is 7.56. The summed E-state index contributed by atoms with van der Waals surface area (Å²) in [6.45, 7) is 6.55. The molecule has 1 aromatic rings. The maximum absolute atomic E-state index is 5.34. The van der Waals surface area contributed by atoms with E-state index in [0.29, 0.717) is 0 Å². The van der Waals surface area contributed by atoms with E-state index in [1.54, 1.807) is 0 Å². The summed E-state index contributed by atoms with van der Waals surface area (Å²) in [6, 6.07) is 0. The first-order chi connectivity index (χ1) is 8.48. The molecule has 1 aromatic heterocycles. The quantitative estimate of drug-likeness (QED) is 0.832. The van der Waals surface area contributed by atoms with Gasteiger partial charge in [-0.25, -0.2) is 0 Å². The molecule has 0 radical (unpaired) electrons. The average Bonchev–Trinajstić information content (AvgIpc) is 2.69. The Morgan fingerprint density at radius 3 is 2.56 bits per heavy atom. The highest BCUT2D eigenvalue weighted by atomic mass is 32.1. The fourth-order valence-electron chi connectivity index (χ4n) is 3.00. The molecule has 1 N–H and O–H groups in total. The second-order valence-electron chi connectivity index (χ2n) is 6.49. The lowest BCUT2D eigenvalue weighted by atomic mass is 9.86. The number of nitrogens with one attached hydrogen (secondary N) is 1. The van der Waals surface area contributed by atoms with Crippen LogP contribution in [-0.4, -0.2) is 14.8 Å². The summed E-state index contributed by atoms with van der Waals surface area (Å²) in [7, 11) is 0. The summed E-state index contributed by atoms with van der Waals surface area (Å²) >= 11 is 5.34. The van der Waals surface area contributed by atoms with Crippen LogP contribution in [0.5, 0.6) is 0 Å². The van der Waals surface area contributed by atoms with Gasteiger partial charge >= 0.3 is 0 Å². The lowest BCUT2D eigenvalue weighted by Gasteiger charge is -2.24. The Morgan fingerprint density at radius 2 is 1.94 bits per heavy atom. The Bertz CT molecular complexity index is 433. The van der Waals surface area contributed by atoms with Crippen molar-refractivity contribution in [3.63, 3.8) is 0 Å².